The molecule has 1 aromatic carbocycles. The Labute approximate surface area is 109 Å². The summed E-state index contributed by atoms with van der Waals surface area (Å²) in [6, 6.07) is 4.86. The van der Waals surface area contributed by atoms with E-state index in [1.807, 2.05) is 6.07 Å². The minimum Gasteiger partial charge on any atom is -0.462 e. The predicted octanol–water partition coefficient (Wildman–Crippen LogP) is 3.67. The minimum atomic E-state index is -0.349. The van der Waals surface area contributed by atoms with Gasteiger partial charge in [-0.25, -0.2) is 4.79 Å². The second-order valence-corrected chi connectivity index (χ2v) is 4.77. The maximum absolute atomic E-state index is 11.7. The number of hydrogen-bond acceptors (Lipinski definition) is 2. The standard InChI is InChI=1S/C11H8Br2NO2/c1-2-16-11(15)9-7(12)5-8-6(10(9)13)3-4-14-8/h4-5,14H,2H2,1H3. The van der Waals surface area contributed by atoms with Gasteiger partial charge in [-0.2, -0.15) is 0 Å². The highest BCUT2D eigenvalue weighted by Crippen LogP contribution is 2.33. The molecule has 1 aromatic heterocycles. The Morgan fingerprint density at radius 3 is 3.00 bits per heavy atom. The fourth-order valence-corrected chi connectivity index (χ4v) is 3.01. The van der Waals surface area contributed by atoms with Crippen LogP contribution in [0.25, 0.3) is 10.9 Å². The summed E-state index contributed by atoms with van der Waals surface area (Å²) in [5.74, 6) is -0.349. The van der Waals surface area contributed by atoms with Gasteiger partial charge in [0.25, 0.3) is 0 Å². The highest BCUT2D eigenvalue weighted by Gasteiger charge is 2.18. The van der Waals surface area contributed by atoms with Crippen LogP contribution in [0.3, 0.4) is 0 Å². The Balaban J connectivity index is 2.63. The Kier molecular flexibility index (Phi) is 3.35. The van der Waals surface area contributed by atoms with Gasteiger partial charge < -0.3 is 9.72 Å². The molecule has 0 aliphatic rings. The van der Waals surface area contributed by atoms with Gasteiger partial charge >= 0.3 is 5.97 Å². The number of fused-ring (bicyclic) bond motifs is 1. The van der Waals surface area contributed by atoms with Crippen molar-refractivity contribution in [3.8, 4) is 0 Å². The third-order valence-corrected chi connectivity index (χ3v) is 3.56. The molecular weight excluding hydrogens is 338 g/mol. The molecule has 0 spiro atoms. The SMILES string of the molecule is CCOC(=O)c1c(Br)cc2[nH]c[c]c2c1Br. The van der Waals surface area contributed by atoms with Gasteiger partial charge in [-0.3, -0.25) is 0 Å². The van der Waals surface area contributed by atoms with E-state index >= 15 is 0 Å². The molecular formula is C11H8Br2NO2. The van der Waals surface area contributed by atoms with Gasteiger partial charge in [0.15, 0.2) is 0 Å². The van der Waals surface area contributed by atoms with Crippen LogP contribution in [0.5, 0.6) is 0 Å². The van der Waals surface area contributed by atoms with Gasteiger partial charge in [0, 0.05) is 32.1 Å². The molecule has 0 aliphatic heterocycles. The second-order valence-electron chi connectivity index (χ2n) is 3.12. The molecule has 0 aliphatic carbocycles. The number of benzene rings is 1. The highest BCUT2D eigenvalue weighted by atomic mass is 79.9. The third kappa shape index (κ3) is 1.89. The molecule has 0 atom stereocenters. The van der Waals surface area contributed by atoms with Crippen LogP contribution in [-0.2, 0) is 4.74 Å². The summed E-state index contributed by atoms with van der Waals surface area (Å²) >= 11 is 6.76. The number of ether oxygens (including phenoxy) is 1. The smallest absolute Gasteiger partial charge is 0.340 e. The molecule has 83 valence electrons. The van der Waals surface area contributed by atoms with E-state index < -0.39 is 0 Å². The van der Waals surface area contributed by atoms with Crippen molar-refractivity contribution in [2.24, 2.45) is 0 Å². The van der Waals surface area contributed by atoms with Crippen molar-refractivity contribution >= 4 is 48.7 Å². The molecule has 0 bridgehead atoms. The maximum Gasteiger partial charge on any atom is 0.340 e. The lowest BCUT2D eigenvalue weighted by Crippen LogP contribution is -2.06. The normalized spacial score (nSPS) is 10.7. The van der Waals surface area contributed by atoms with E-state index in [1.54, 1.807) is 13.1 Å². The highest BCUT2D eigenvalue weighted by molar-refractivity contribution is 9.11. The van der Waals surface area contributed by atoms with E-state index in [4.69, 9.17) is 4.74 Å². The molecule has 0 unspecified atom stereocenters. The van der Waals surface area contributed by atoms with E-state index in [9.17, 15) is 4.79 Å². The number of rotatable bonds is 2. The number of H-pyrrole nitrogens is 1. The van der Waals surface area contributed by atoms with E-state index in [1.165, 1.54) is 0 Å². The van der Waals surface area contributed by atoms with Crippen LogP contribution < -0.4 is 0 Å². The van der Waals surface area contributed by atoms with Gasteiger partial charge in [0.1, 0.15) is 0 Å². The molecule has 0 fully saturated rings. The molecule has 1 N–H and O–H groups in total. The summed E-state index contributed by atoms with van der Waals surface area (Å²) < 4.78 is 6.38. The van der Waals surface area contributed by atoms with Crippen molar-refractivity contribution in [2.75, 3.05) is 6.61 Å². The van der Waals surface area contributed by atoms with Gasteiger partial charge in [-0.05, 0) is 44.8 Å². The van der Waals surface area contributed by atoms with Crippen molar-refractivity contribution in [3.63, 3.8) is 0 Å². The first-order chi connectivity index (χ1) is 7.65. The lowest BCUT2D eigenvalue weighted by Gasteiger charge is -2.07. The minimum absolute atomic E-state index is 0.349. The van der Waals surface area contributed by atoms with Crippen LogP contribution in [0.4, 0.5) is 0 Å². The number of halogens is 2. The summed E-state index contributed by atoms with van der Waals surface area (Å²) in [6.45, 7) is 2.13. The first kappa shape index (κ1) is 11.7. The zero-order valence-electron chi connectivity index (χ0n) is 8.43. The monoisotopic (exact) mass is 344 g/mol. The number of carbonyl (C=O) groups excluding carboxylic acids is 1. The molecule has 5 heteroatoms. The van der Waals surface area contributed by atoms with E-state index in [0.717, 1.165) is 10.9 Å². The largest absolute Gasteiger partial charge is 0.462 e. The molecule has 2 aromatic rings. The number of aromatic amines is 1. The molecule has 16 heavy (non-hydrogen) atoms. The zero-order chi connectivity index (χ0) is 11.7. The summed E-state index contributed by atoms with van der Waals surface area (Å²) in [5, 5.41) is 0.839. The third-order valence-electron chi connectivity index (χ3n) is 2.14. The number of hydrogen-bond donors (Lipinski definition) is 1. The molecule has 3 nitrogen and oxygen atoms in total. The number of esters is 1. The van der Waals surface area contributed by atoms with E-state index in [-0.39, 0.29) is 5.97 Å². The molecule has 1 radical (unpaired) electrons. The Morgan fingerprint density at radius 1 is 1.56 bits per heavy atom. The average Bonchev–Trinajstić information content (AvgIpc) is 2.66. The van der Waals surface area contributed by atoms with Crippen LogP contribution in [-0.4, -0.2) is 17.6 Å². The van der Waals surface area contributed by atoms with Crippen LogP contribution in [0.1, 0.15) is 17.3 Å². The average molecular weight is 346 g/mol. The number of carbonyl (C=O) groups is 1. The summed E-state index contributed by atoms with van der Waals surface area (Å²) in [6.07, 6.45) is 1.71. The molecule has 0 saturated heterocycles. The van der Waals surface area contributed by atoms with Crippen LogP contribution in [0.15, 0.2) is 21.2 Å². The second kappa shape index (κ2) is 4.59. The van der Waals surface area contributed by atoms with E-state index in [0.29, 0.717) is 21.1 Å². The van der Waals surface area contributed by atoms with Crippen LogP contribution in [0, 0.1) is 6.07 Å². The number of nitrogens with one attached hydrogen (secondary N) is 1. The molecule has 1 heterocycles. The van der Waals surface area contributed by atoms with Crippen molar-refractivity contribution in [2.45, 2.75) is 6.92 Å². The van der Waals surface area contributed by atoms with Gasteiger partial charge in [-0.15, -0.1) is 0 Å². The lowest BCUT2D eigenvalue weighted by molar-refractivity contribution is 0.0524. The Bertz CT molecular complexity index is 548. The van der Waals surface area contributed by atoms with Crippen LogP contribution in [0.2, 0.25) is 0 Å². The molecule has 2 rings (SSSR count). The zero-order valence-corrected chi connectivity index (χ0v) is 11.6. The van der Waals surface area contributed by atoms with Crippen molar-refractivity contribution in [3.05, 3.63) is 32.8 Å². The van der Waals surface area contributed by atoms with Crippen molar-refractivity contribution < 1.29 is 9.53 Å². The van der Waals surface area contributed by atoms with E-state index in [2.05, 4.69) is 42.9 Å². The quantitative estimate of drug-likeness (QED) is 0.844. The summed E-state index contributed by atoms with van der Waals surface area (Å²) in [7, 11) is 0. The first-order valence-corrected chi connectivity index (χ1v) is 6.27. The fourth-order valence-electron chi connectivity index (χ4n) is 1.45. The van der Waals surface area contributed by atoms with Crippen molar-refractivity contribution in [1.82, 2.24) is 4.98 Å². The molecule has 0 amide bonds. The fraction of sp³-hybridized carbons (Fsp3) is 0.182. The van der Waals surface area contributed by atoms with Gasteiger partial charge in [0.05, 0.1) is 12.2 Å². The van der Waals surface area contributed by atoms with Gasteiger partial charge in [-0.1, -0.05) is 0 Å². The van der Waals surface area contributed by atoms with Crippen molar-refractivity contribution in [1.29, 1.82) is 0 Å². The van der Waals surface area contributed by atoms with Gasteiger partial charge in [0.2, 0.25) is 0 Å². The number of aromatic nitrogens is 1. The maximum atomic E-state index is 11.7. The predicted molar refractivity (Wildman–Crippen MR) is 68.5 cm³/mol. The Hall–Kier alpha value is -0.810. The first-order valence-electron chi connectivity index (χ1n) is 4.69. The van der Waals surface area contributed by atoms with Crippen LogP contribution >= 0.6 is 31.9 Å². The topological polar surface area (TPSA) is 42.1 Å². The summed E-state index contributed by atoms with van der Waals surface area (Å²) in [5.41, 5.74) is 1.40. The Morgan fingerprint density at radius 2 is 2.31 bits per heavy atom. The lowest BCUT2D eigenvalue weighted by atomic mass is 10.1. The summed E-state index contributed by atoms with van der Waals surface area (Å²) in [4.78, 5) is 14.8. The molecule has 0 saturated carbocycles.